The highest BCUT2D eigenvalue weighted by atomic mass is 32.2. The molecule has 0 amide bonds. The number of rotatable bonds is 4. The number of sulfone groups is 1. The van der Waals surface area contributed by atoms with E-state index in [4.69, 9.17) is 0 Å². The normalized spacial score (nSPS) is 25.1. The van der Waals surface area contributed by atoms with Crippen molar-refractivity contribution in [2.75, 3.05) is 6.54 Å². The van der Waals surface area contributed by atoms with Gasteiger partial charge in [0.1, 0.15) is 0 Å². The zero-order valence-electron chi connectivity index (χ0n) is 11.2. The van der Waals surface area contributed by atoms with E-state index in [0.717, 1.165) is 24.1 Å². The second-order valence-electron chi connectivity index (χ2n) is 4.90. The largest absolute Gasteiger partial charge is 0.309 e. The summed E-state index contributed by atoms with van der Waals surface area (Å²) in [5.41, 5.74) is 1.82. The van der Waals surface area contributed by atoms with E-state index >= 15 is 0 Å². The summed E-state index contributed by atoms with van der Waals surface area (Å²) in [7, 11) is -3.17. The van der Waals surface area contributed by atoms with Gasteiger partial charge in [-0.1, -0.05) is 38.5 Å². The molecule has 2 atom stereocenters. The van der Waals surface area contributed by atoms with Crippen molar-refractivity contribution in [2.24, 2.45) is 0 Å². The third-order valence-electron chi connectivity index (χ3n) is 3.63. The van der Waals surface area contributed by atoms with E-state index in [1.165, 1.54) is 0 Å². The first kappa shape index (κ1) is 13.6. The molecule has 2 rings (SSSR count). The molecule has 3 nitrogen and oxygen atoms in total. The van der Waals surface area contributed by atoms with E-state index < -0.39 is 9.84 Å². The summed E-state index contributed by atoms with van der Waals surface area (Å²) in [5.74, 6) is 0. The first-order chi connectivity index (χ1) is 8.54. The lowest BCUT2D eigenvalue weighted by Gasteiger charge is -2.19. The van der Waals surface area contributed by atoms with Gasteiger partial charge in [-0.05, 0) is 31.0 Å². The van der Waals surface area contributed by atoms with Crippen LogP contribution in [0.5, 0.6) is 0 Å². The van der Waals surface area contributed by atoms with Crippen LogP contribution in [0.4, 0.5) is 0 Å². The molecule has 0 fully saturated rings. The molecule has 0 aliphatic carbocycles. The van der Waals surface area contributed by atoms with Crippen molar-refractivity contribution in [3.8, 4) is 0 Å². The van der Waals surface area contributed by atoms with Crippen molar-refractivity contribution in [3.63, 3.8) is 0 Å². The Morgan fingerprint density at radius 2 is 2.00 bits per heavy atom. The molecule has 1 N–H and O–H groups in total. The predicted molar refractivity (Wildman–Crippen MR) is 73.5 cm³/mol. The molecule has 1 heterocycles. The van der Waals surface area contributed by atoms with Gasteiger partial charge in [0.15, 0.2) is 9.84 Å². The van der Waals surface area contributed by atoms with Crippen LogP contribution in [0.15, 0.2) is 23.1 Å². The molecule has 0 spiro atoms. The number of aryl methyl sites for hydroxylation is 1. The van der Waals surface area contributed by atoms with Crippen LogP contribution in [0, 0.1) is 6.92 Å². The Morgan fingerprint density at radius 1 is 1.28 bits per heavy atom. The average Bonchev–Trinajstić information content (AvgIpc) is 2.52. The van der Waals surface area contributed by atoms with Gasteiger partial charge in [-0.25, -0.2) is 8.42 Å². The molecule has 1 aliphatic heterocycles. The van der Waals surface area contributed by atoms with Gasteiger partial charge >= 0.3 is 0 Å². The molecule has 0 aromatic heterocycles. The molecule has 2 unspecified atom stereocenters. The number of hydrogen-bond donors (Lipinski definition) is 1. The molecule has 18 heavy (non-hydrogen) atoms. The van der Waals surface area contributed by atoms with E-state index in [2.05, 4.69) is 5.32 Å². The standard InChI is InChI=1S/C14H21NO2S/c1-4-7-12-13(15-5-2)11-9-6-8-10(3)14(11)18(12,16)17/h6,8-9,12-13,15H,4-5,7H2,1-3H3. The van der Waals surface area contributed by atoms with Crippen molar-refractivity contribution in [2.45, 2.75) is 49.8 Å². The lowest BCUT2D eigenvalue weighted by atomic mass is 9.99. The topological polar surface area (TPSA) is 46.2 Å². The summed E-state index contributed by atoms with van der Waals surface area (Å²) in [6.07, 6.45) is 1.60. The number of benzene rings is 1. The fraction of sp³-hybridized carbons (Fsp3) is 0.571. The highest BCUT2D eigenvalue weighted by Crippen LogP contribution is 2.42. The molecule has 1 aromatic carbocycles. The molecular formula is C14H21NO2S. The summed E-state index contributed by atoms with van der Waals surface area (Å²) >= 11 is 0. The van der Waals surface area contributed by atoms with Crippen LogP contribution in [-0.4, -0.2) is 20.2 Å². The predicted octanol–water partition coefficient (Wildman–Crippen LogP) is 2.60. The van der Waals surface area contributed by atoms with Crippen LogP contribution in [0.25, 0.3) is 0 Å². The summed E-state index contributed by atoms with van der Waals surface area (Å²) < 4.78 is 25.3. The minimum Gasteiger partial charge on any atom is -0.309 e. The van der Waals surface area contributed by atoms with E-state index in [9.17, 15) is 8.42 Å². The zero-order valence-corrected chi connectivity index (χ0v) is 12.0. The van der Waals surface area contributed by atoms with Crippen molar-refractivity contribution in [1.29, 1.82) is 0 Å². The molecule has 100 valence electrons. The Labute approximate surface area is 110 Å². The molecule has 4 heteroatoms. The van der Waals surface area contributed by atoms with Crippen LogP contribution < -0.4 is 5.32 Å². The summed E-state index contributed by atoms with van der Waals surface area (Å²) in [6, 6.07) is 5.73. The first-order valence-corrected chi connectivity index (χ1v) is 8.15. The first-order valence-electron chi connectivity index (χ1n) is 6.60. The molecule has 0 saturated carbocycles. The zero-order chi connectivity index (χ0) is 13.3. The maximum atomic E-state index is 12.6. The van der Waals surface area contributed by atoms with Gasteiger partial charge in [-0.15, -0.1) is 0 Å². The Kier molecular flexibility index (Phi) is 3.78. The Balaban J connectivity index is 2.59. The monoisotopic (exact) mass is 267 g/mol. The molecule has 0 bridgehead atoms. The van der Waals surface area contributed by atoms with E-state index in [1.54, 1.807) is 0 Å². The number of hydrogen-bond acceptors (Lipinski definition) is 3. The van der Waals surface area contributed by atoms with Crippen molar-refractivity contribution < 1.29 is 8.42 Å². The van der Waals surface area contributed by atoms with Crippen molar-refractivity contribution in [3.05, 3.63) is 29.3 Å². The maximum absolute atomic E-state index is 12.6. The fourth-order valence-electron chi connectivity index (χ4n) is 2.91. The van der Waals surface area contributed by atoms with Crippen LogP contribution in [0.2, 0.25) is 0 Å². The van der Waals surface area contributed by atoms with Crippen LogP contribution in [-0.2, 0) is 9.84 Å². The lowest BCUT2D eigenvalue weighted by molar-refractivity contribution is 0.492. The Hall–Kier alpha value is -0.870. The van der Waals surface area contributed by atoms with Crippen LogP contribution in [0.1, 0.15) is 43.9 Å². The number of nitrogens with one attached hydrogen (secondary N) is 1. The quantitative estimate of drug-likeness (QED) is 0.912. The molecule has 0 saturated heterocycles. The Morgan fingerprint density at radius 3 is 2.61 bits per heavy atom. The van der Waals surface area contributed by atoms with Crippen molar-refractivity contribution >= 4 is 9.84 Å². The van der Waals surface area contributed by atoms with E-state index in [0.29, 0.717) is 11.3 Å². The second-order valence-corrected chi connectivity index (χ2v) is 7.00. The minimum absolute atomic E-state index is 0.0464. The summed E-state index contributed by atoms with van der Waals surface area (Å²) in [4.78, 5) is 0.564. The van der Waals surface area contributed by atoms with Gasteiger partial charge in [-0.2, -0.15) is 0 Å². The minimum atomic E-state index is -3.17. The third kappa shape index (κ3) is 1.97. The summed E-state index contributed by atoms with van der Waals surface area (Å²) in [5, 5.41) is 3.03. The van der Waals surface area contributed by atoms with Crippen LogP contribution in [0.3, 0.4) is 0 Å². The van der Waals surface area contributed by atoms with Crippen molar-refractivity contribution in [1.82, 2.24) is 5.32 Å². The Bertz CT molecular complexity index is 537. The molecule has 1 aromatic rings. The van der Waals surface area contributed by atoms with Crippen LogP contribution >= 0.6 is 0 Å². The lowest BCUT2D eigenvalue weighted by Crippen LogP contribution is -2.31. The molecule has 1 aliphatic rings. The van der Waals surface area contributed by atoms with Gasteiger partial charge in [0.05, 0.1) is 16.2 Å². The fourth-order valence-corrected chi connectivity index (χ4v) is 5.40. The number of fused-ring (bicyclic) bond motifs is 1. The van der Waals surface area contributed by atoms with E-state index in [1.807, 2.05) is 39.0 Å². The highest BCUT2D eigenvalue weighted by Gasteiger charge is 2.44. The van der Waals surface area contributed by atoms with Gasteiger partial charge in [0.25, 0.3) is 0 Å². The molecular weight excluding hydrogens is 246 g/mol. The van der Waals surface area contributed by atoms with E-state index in [-0.39, 0.29) is 11.3 Å². The van der Waals surface area contributed by atoms with Gasteiger partial charge in [0, 0.05) is 0 Å². The van der Waals surface area contributed by atoms with Gasteiger partial charge in [-0.3, -0.25) is 0 Å². The third-order valence-corrected chi connectivity index (χ3v) is 6.06. The second kappa shape index (κ2) is 5.02. The van der Waals surface area contributed by atoms with Gasteiger partial charge in [0.2, 0.25) is 0 Å². The smallest absolute Gasteiger partial charge is 0.183 e. The summed E-state index contributed by atoms with van der Waals surface area (Å²) in [6.45, 7) is 6.72. The van der Waals surface area contributed by atoms with Gasteiger partial charge < -0.3 is 5.32 Å². The molecule has 0 radical (unpaired) electrons. The average molecular weight is 267 g/mol. The highest BCUT2D eigenvalue weighted by molar-refractivity contribution is 7.92. The maximum Gasteiger partial charge on any atom is 0.183 e. The SMILES string of the molecule is CCCC1C(NCC)c2cccc(C)c2S1(=O)=O.